The van der Waals surface area contributed by atoms with Gasteiger partial charge >= 0.3 is 11.8 Å². The lowest BCUT2D eigenvalue weighted by Gasteiger charge is -2.33. The molecule has 0 radical (unpaired) electrons. The number of rotatable bonds is 3. The minimum Gasteiger partial charge on any atom is -0.465 e. The van der Waals surface area contributed by atoms with E-state index < -0.39 is 23.1 Å². The van der Waals surface area contributed by atoms with E-state index in [9.17, 15) is 19.1 Å². The number of benzene rings is 1. The number of nitrogens with one attached hydrogen (secondary N) is 2. The Labute approximate surface area is 147 Å². The number of aromatic amines is 2. The molecule has 136 valence electrons. The van der Waals surface area contributed by atoms with Crippen molar-refractivity contribution in [3.63, 3.8) is 0 Å². The third kappa shape index (κ3) is 3.23. The lowest BCUT2D eigenvalue weighted by Crippen LogP contribution is -2.45. The molecule has 0 aliphatic heterocycles. The Hall–Kier alpha value is -3.36. The predicted molar refractivity (Wildman–Crippen MR) is 93.4 cm³/mol. The fraction of sp³-hybridized carbons (Fsp3) is 0.235. The zero-order valence-electron chi connectivity index (χ0n) is 14.3. The van der Waals surface area contributed by atoms with Crippen molar-refractivity contribution < 1.29 is 19.0 Å². The normalized spacial score (nSPS) is 11.5. The molecular weight excluding hydrogens is 343 g/mol. The molecular formula is C17H17FN4O4. The van der Waals surface area contributed by atoms with Crippen molar-refractivity contribution in [1.29, 1.82) is 0 Å². The van der Waals surface area contributed by atoms with Crippen LogP contribution >= 0.6 is 0 Å². The Kier molecular flexibility index (Phi) is 4.15. The summed E-state index contributed by atoms with van der Waals surface area (Å²) < 4.78 is 20.1. The van der Waals surface area contributed by atoms with E-state index in [1.165, 1.54) is 24.4 Å². The Morgan fingerprint density at radius 1 is 1.23 bits per heavy atom. The van der Waals surface area contributed by atoms with Crippen molar-refractivity contribution >= 4 is 22.9 Å². The van der Waals surface area contributed by atoms with E-state index in [1.54, 1.807) is 20.8 Å². The molecule has 0 bridgehead atoms. The first-order chi connectivity index (χ1) is 12.2. The number of nitrogens with zero attached hydrogens (tertiary/aromatic N) is 2. The van der Waals surface area contributed by atoms with E-state index in [0.29, 0.717) is 5.52 Å². The summed E-state index contributed by atoms with van der Waals surface area (Å²) in [5.74, 6) is -0.630. The number of imidazole rings is 1. The van der Waals surface area contributed by atoms with Crippen LogP contribution in [0.2, 0.25) is 0 Å². The number of hydrogen-bond acceptors (Lipinski definition) is 4. The van der Waals surface area contributed by atoms with Crippen LogP contribution in [0, 0.1) is 5.82 Å². The monoisotopic (exact) mass is 360 g/mol. The highest BCUT2D eigenvalue weighted by molar-refractivity contribution is 5.87. The van der Waals surface area contributed by atoms with Crippen LogP contribution < -0.4 is 15.3 Å². The first kappa shape index (κ1) is 17.5. The molecule has 3 rings (SSSR count). The van der Waals surface area contributed by atoms with Crippen molar-refractivity contribution in [2.24, 2.45) is 0 Å². The van der Waals surface area contributed by atoms with Crippen LogP contribution in [0.15, 0.2) is 35.3 Å². The minimum atomic E-state index is -1.19. The van der Waals surface area contributed by atoms with Crippen LogP contribution in [0.1, 0.15) is 20.8 Å². The van der Waals surface area contributed by atoms with E-state index in [4.69, 9.17) is 4.74 Å². The molecule has 1 aromatic carbocycles. The summed E-state index contributed by atoms with van der Waals surface area (Å²) in [6.07, 6.45) is 0.228. The third-order valence-electron chi connectivity index (χ3n) is 3.64. The second kappa shape index (κ2) is 6.17. The van der Waals surface area contributed by atoms with E-state index in [0.717, 1.165) is 11.0 Å². The first-order valence-corrected chi connectivity index (χ1v) is 7.74. The van der Waals surface area contributed by atoms with Crippen LogP contribution in [0.25, 0.3) is 11.2 Å². The molecule has 0 atom stereocenters. The second-order valence-electron chi connectivity index (χ2n) is 6.62. The summed E-state index contributed by atoms with van der Waals surface area (Å²) in [6, 6.07) is 5.37. The molecule has 0 spiro atoms. The molecule has 0 fully saturated rings. The SMILES string of the molecule is CC(C)(C)N(C(=O)O)c1ccc(Oc2ccnc3[nH]c(=O)[nH]c23)c(F)c1. The standard InChI is InChI=1S/C17H17FN4O4/c1-17(2,3)22(16(24)25)9-4-5-11(10(18)8-9)26-12-6-7-19-14-13(12)20-15(23)21-14/h4-8H,1-3H3,(H,24,25)(H2,19,20,21,23). The lowest BCUT2D eigenvalue weighted by atomic mass is 10.1. The molecule has 8 nitrogen and oxygen atoms in total. The second-order valence-corrected chi connectivity index (χ2v) is 6.62. The predicted octanol–water partition coefficient (Wildman–Crippen LogP) is 3.47. The van der Waals surface area contributed by atoms with Crippen molar-refractivity contribution in [3.05, 3.63) is 46.8 Å². The average molecular weight is 360 g/mol. The van der Waals surface area contributed by atoms with E-state index in [1.807, 2.05) is 0 Å². The average Bonchev–Trinajstić information content (AvgIpc) is 2.89. The number of halogens is 1. The van der Waals surface area contributed by atoms with Gasteiger partial charge in [0.25, 0.3) is 0 Å². The summed E-state index contributed by atoms with van der Waals surface area (Å²) in [7, 11) is 0. The van der Waals surface area contributed by atoms with Crippen molar-refractivity contribution in [2.75, 3.05) is 4.90 Å². The lowest BCUT2D eigenvalue weighted by molar-refractivity contribution is 0.195. The van der Waals surface area contributed by atoms with Crippen molar-refractivity contribution in [3.8, 4) is 11.5 Å². The molecule has 9 heteroatoms. The molecule has 26 heavy (non-hydrogen) atoms. The minimum absolute atomic E-state index is 0.109. The van der Waals surface area contributed by atoms with Gasteiger partial charge in [0.05, 0.1) is 5.69 Å². The Bertz CT molecular complexity index is 1040. The molecule has 3 N–H and O–H groups in total. The van der Waals surface area contributed by atoms with Crippen molar-refractivity contribution in [1.82, 2.24) is 15.0 Å². The number of ether oxygens (including phenoxy) is 1. The quantitative estimate of drug-likeness (QED) is 0.662. The van der Waals surface area contributed by atoms with Gasteiger partial charge in [-0.2, -0.15) is 0 Å². The van der Waals surface area contributed by atoms with Crippen LogP contribution in [0.4, 0.5) is 14.9 Å². The maximum atomic E-state index is 14.5. The number of H-pyrrole nitrogens is 2. The van der Waals surface area contributed by atoms with Crippen LogP contribution in [0.5, 0.6) is 11.5 Å². The zero-order chi connectivity index (χ0) is 19.1. The van der Waals surface area contributed by atoms with Gasteiger partial charge in [-0.15, -0.1) is 0 Å². The maximum absolute atomic E-state index is 14.5. The van der Waals surface area contributed by atoms with E-state index >= 15 is 0 Å². The number of pyridine rings is 1. The molecule has 0 aliphatic rings. The summed E-state index contributed by atoms with van der Waals surface area (Å²) in [6.45, 7) is 5.12. The maximum Gasteiger partial charge on any atom is 0.412 e. The molecule has 0 saturated carbocycles. The topological polar surface area (TPSA) is 111 Å². The van der Waals surface area contributed by atoms with Gasteiger partial charge < -0.3 is 14.8 Å². The smallest absolute Gasteiger partial charge is 0.412 e. The molecule has 0 saturated heterocycles. The summed E-state index contributed by atoms with van der Waals surface area (Å²) in [5, 5.41) is 9.41. The Morgan fingerprint density at radius 3 is 2.58 bits per heavy atom. The fourth-order valence-corrected chi connectivity index (χ4v) is 2.61. The first-order valence-electron chi connectivity index (χ1n) is 7.74. The molecule has 2 aromatic heterocycles. The number of carboxylic acid groups (broad SMARTS) is 1. The van der Waals surface area contributed by atoms with E-state index in [2.05, 4.69) is 15.0 Å². The number of fused-ring (bicyclic) bond motifs is 1. The number of hydrogen-bond donors (Lipinski definition) is 3. The molecule has 3 aromatic rings. The highest BCUT2D eigenvalue weighted by Gasteiger charge is 2.28. The van der Waals surface area contributed by atoms with Gasteiger partial charge in [-0.05, 0) is 32.9 Å². The van der Waals surface area contributed by atoms with E-state index in [-0.39, 0.29) is 22.8 Å². The van der Waals surface area contributed by atoms with Gasteiger partial charge in [-0.3, -0.25) is 9.88 Å². The number of anilines is 1. The molecule has 2 heterocycles. The number of carbonyl (C=O) groups is 1. The van der Waals surface area contributed by atoms with Crippen LogP contribution in [-0.2, 0) is 0 Å². The summed E-state index contributed by atoms with van der Waals surface area (Å²) in [4.78, 5) is 33.0. The number of amides is 1. The summed E-state index contributed by atoms with van der Waals surface area (Å²) >= 11 is 0. The highest BCUT2D eigenvalue weighted by atomic mass is 19.1. The third-order valence-corrected chi connectivity index (χ3v) is 3.64. The zero-order valence-corrected chi connectivity index (χ0v) is 14.3. The van der Waals surface area contributed by atoms with Gasteiger partial charge in [-0.1, -0.05) is 0 Å². The summed E-state index contributed by atoms with van der Waals surface area (Å²) in [5.41, 5.74) is -0.425. The van der Waals surface area contributed by atoms with Crippen LogP contribution in [0.3, 0.4) is 0 Å². The van der Waals surface area contributed by atoms with Gasteiger partial charge in [0.15, 0.2) is 23.0 Å². The Balaban J connectivity index is 1.97. The van der Waals surface area contributed by atoms with Gasteiger partial charge in [-0.25, -0.2) is 19.0 Å². The Morgan fingerprint density at radius 2 is 1.96 bits per heavy atom. The number of aromatic nitrogens is 3. The van der Waals surface area contributed by atoms with Crippen molar-refractivity contribution in [2.45, 2.75) is 26.3 Å². The van der Waals surface area contributed by atoms with Crippen LogP contribution in [-0.4, -0.2) is 31.7 Å². The molecule has 0 unspecified atom stereocenters. The van der Waals surface area contributed by atoms with Gasteiger partial charge in [0.2, 0.25) is 0 Å². The fourth-order valence-electron chi connectivity index (χ4n) is 2.61. The van der Waals surface area contributed by atoms with Gasteiger partial charge in [0, 0.05) is 23.9 Å². The molecule has 1 amide bonds. The highest BCUT2D eigenvalue weighted by Crippen LogP contribution is 2.32. The molecule has 0 aliphatic carbocycles. The largest absolute Gasteiger partial charge is 0.465 e. The van der Waals surface area contributed by atoms with Gasteiger partial charge in [0.1, 0.15) is 5.52 Å².